The average Bonchev–Trinajstić information content (AvgIpc) is 2.85. The first-order valence-corrected chi connectivity index (χ1v) is 6.53. The van der Waals surface area contributed by atoms with E-state index in [0.29, 0.717) is 24.5 Å². The molecule has 3 atom stereocenters. The van der Waals surface area contributed by atoms with E-state index in [4.69, 9.17) is 5.11 Å². The Morgan fingerprint density at radius 3 is 3.06 bits per heavy atom. The van der Waals surface area contributed by atoms with Crippen molar-refractivity contribution >= 4 is 5.69 Å². The van der Waals surface area contributed by atoms with E-state index in [2.05, 4.69) is 41.7 Å². The van der Waals surface area contributed by atoms with Gasteiger partial charge in [-0.3, -0.25) is 0 Å². The van der Waals surface area contributed by atoms with E-state index >= 15 is 0 Å². The van der Waals surface area contributed by atoms with Gasteiger partial charge in [0.2, 0.25) is 0 Å². The number of aliphatic hydroxyl groups excluding tert-OH is 1. The zero-order valence-electron chi connectivity index (χ0n) is 9.97. The Labute approximate surface area is 102 Å². The van der Waals surface area contributed by atoms with Crippen LogP contribution in [-0.4, -0.2) is 17.8 Å². The molecule has 0 radical (unpaired) electrons. The van der Waals surface area contributed by atoms with Crippen LogP contribution in [0.3, 0.4) is 0 Å². The molecule has 0 saturated carbocycles. The van der Waals surface area contributed by atoms with Crippen LogP contribution in [0, 0.1) is 5.92 Å². The van der Waals surface area contributed by atoms with E-state index in [1.54, 1.807) is 0 Å². The number of nitrogens with one attached hydrogen (secondary N) is 1. The van der Waals surface area contributed by atoms with Gasteiger partial charge in [0, 0.05) is 24.3 Å². The van der Waals surface area contributed by atoms with Crippen LogP contribution < -0.4 is 5.32 Å². The second kappa shape index (κ2) is 4.53. The third kappa shape index (κ3) is 1.87. The molecule has 0 unspecified atom stereocenters. The van der Waals surface area contributed by atoms with Crippen LogP contribution in [0.25, 0.3) is 0 Å². The molecular formula is C15H19NO. The van der Waals surface area contributed by atoms with Crippen molar-refractivity contribution in [2.45, 2.75) is 31.2 Å². The largest absolute Gasteiger partial charge is 0.396 e. The highest BCUT2D eigenvalue weighted by atomic mass is 16.2. The molecule has 2 aliphatic rings. The SMILES string of the molecule is OCCC[C@H]1Nc2ccccc2[C@H]2C=CC[C@H]21. The Hall–Kier alpha value is -1.28. The molecule has 2 heteroatoms. The van der Waals surface area contributed by atoms with Gasteiger partial charge in [0.1, 0.15) is 0 Å². The van der Waals surface area contributed by atoms with E-state index in [-0.39, 0.29) is 0 Å². The fourth-order valence-electron chi connectivity index (χ4n) is 3.24. The highest BCUT2D eigenvalue weighted by molar-refractivity contribution is 5.58. The van der Waals surface area contributed by atoms with E-state index < -0.39 is 0 Å². The Bertz CT molecular complexity index is 427. The molecule has 1 aliphatic heterocycles. The number of anilines is 1. The first-order valence-electron chi connectivity index (χ1n) is 6.53. The van der Waals surface area contributed by atoms with Gasteiger partial charge in [0.25, 0.3) is 0 Å². The van der Waals surface area contributed by atoms with Crippen LogP contribution in [0.1, 0.15) is 30.7 Å². The van der Waals surface area contributed by atoms with Gasteiger partial charge < -0.3 is 10.4 Å². The lowest BCUT2D eigenvalue weighted by atomic mass is 9.78. The van der Waals surface area contributed by atoms with Crippen molar-refractivity contribution in [3.8, 4) is 0 Å². The van der Waals surface area contributed by atoms with Crippen LogP contribution in [-0.2, 0) is 0 Å². The predicted octanol–water partition coefficient (Wildman–Crippen LogP) is 2.91. The quantitative estimate of drug-likeness (QED) is 0.781. The highest BCUT2D eigenvalue weighted by Gasteiger charge is 2.36. The molecule has 90 valence electrons. The Morgan fingerprint density at radius 2 is 2.18 bits per heavy atom. The summed E-state index contributed by atoms with van der Waals surface area (Å²) in [7, 11) is 0. The summed E-state index contributed by atoms with van der Waals surface area (Å²) in [6, 6.07) is 9.13. The maximum atomic E-state index is 8.99. The molecule has 2 N–H and O–H groups in total. The van der Waals surface area contributed by atoms with Crippen molar-refractivity contribution in [2.75, 3.05) is 11.9 Å². The van der Waals surface area contributed by atoms with Crippen molar-refractivity contribution in [3.05, 3.63) is 42.0 Å². The monoisotopic (exact) mass is 229 g/mol. The van der Waals surface area contributed by atoms with Gasteiger partial charge in [-0.1, -0.05) is 30.4 Å². The smallest absolute Gasteiger partial charge is 0.0431 e. The number of para-hydroxylation sites is 1. The Morgan fingerprint density at radius 1 is 1.29 bits per heavy atom. The van der Waals surface area contributed by atoms with Gasteiger partial charge in [-0.05, 0) is 36.8 Å². The standard InChI is InChI=1S/C15H19NO/c17-10-4-9-15-13-7-3-6-11(13)12-5-1-2-8-14(12)16-15/h1-3,5-6,8,11,13,15-17H,4,7,9-10H2/t11-,13-,15-/m1/s1. The molecule has 2 nitrogen and oxygen atoms in total. The molecule has 0 spiro atoms. The van der Waals surface area contributed by atoms with Crippen molar-refractivity contribution in [1.29, 1.82) is 0 Å². The average molecular weight is 229 g/mol. The lowest BCUT2D eigenvalue weighted by Crippen LogP contribution is -2.35. The van der Waals surface area contributed by atoms with Gasteiger partial charge in [-0.2, -0.15) is 0 Å². The minimum atomic E-state index is 0.296. The molecule has 3 rings (SSSR count). The van der Waals surface area contributed by atoms with Crippen LogP contribution >= 0.6 is 0 Å². The normalized spacial score (nSPS) is 29.6. The molecule has 0 saturated heterocycles. The van der Waals surface area contributed by atoms with Gasteiger partial charge in [-0.25, -0.2) is 0 Å². The summed E-state index contributed by atoms with van der Waals surface area (Å²) in [5, 5.41) is 12.6. The molecule has 1 aromatic carbocycles. The van der Waals surface area contributed by atoms with Crippen LogP contribution in [0.15, 0.2) is 36.4 Å². The van der Waals surface area contributed by atoms with Gasteiger partial charge in [0.15, 0.2) is 0 Å². The first kappa shape index (κ1) is 10.8. The molecule has 1 aromatic rings. The summed E-state index contributed by atoms with van der Waals surface area (Å²) in [6.07, 6.45) is 7.79. The third-order valence-corrected chi connectivity index (χ3v) is 4.06. The minimum absolute atomic E-state index is 0.296. The molecule has 1 aliphatic carbocycles. The summed E-state index contributed by atoms with van der Waals surface area (Å²) in [5.41, 5.74) is 2.72. The number of rotatable bonds is 3. The molecule has 0 amide bonds. The van der Waals surface area contributed by atoms with E-state index in [0.717, 1.165) is 12.8 Å². The zero-order valence-corrected chi connectivity index (χ0v) is 9.97. The second-order valence-corrected chi connectivity index (χ2v) is 5.06. The summed E-state index contributed by atoms with van der Waals surface area (Å²) in [5.74, 6) is 1.26. The summed E-state index contributed by atoms with van der Waals surface area (Å²) >= 11 is 0. The zero-order chi connectivity index (χ0) is 11.7. The van der Waals surface area contributed by atoms with Crippen molar-refractivity contribution in [1.82, 2.24) is 0 Å². The Kier molecular flexibility index (Phi) is 2.89. The fourth-order valence-corrected chi connectivity index (χ4v) is 3.24. The summed E-state index contributed by atoms with van der Waals surface area (Å²) < 4.78 is 0. The van der Waals surface area contributed by atoms with Gasteiger partial charge in [-0.15, -0.1) is 0 Å². The maximum Gasteiger partial charge on any atom is 0.0431 e. The summed E-state index contributed by atoms with van der Waals surface area (Å²) in [6.45, 7) is 0.296. The van der Waals surface area contributed by atoms with Crippen LogP contribution in [0.2, 0.25) is 0 Å². The third-order valence-electron chi connectivity index (χ3n) is 4.06. The predicted molar refractivity (Wildman–Crippen MR) is 70.2 cm³/mol. The van der Waals surface area contributed by atoms with Crippen molar-refractivity contribution in [2.24, 2.45) is 5.92 Å². The number of hydrogen-bond acceptors (Lipinski definition) is 2. The lowest BCUT2D eigenvalue weighted by Gasteiger charge is -2.37. The number of fused-ring (bicyclic) bond motifs is 3. The lowest BCUT2D eigenvalue weighted by molar-refractivity contribution is 0.270. The van der Waals surface area contributed by atoms with Crippen LogP contribution in [0.5, 0.6) is 0 Å². The molecule has 0 aromatic heterocycles. The second-order valence-electron chi connectivity index (χ2n) is 5.06. The number of aliphatic hydroxyl groups is 1. The fraction of sp³-hybridized carbons (Fsp3) is 0.467. The number of hydrogen-bond donors (Lipinski definition) is 2. The first-order chi connectivity index (χ1) is 8.40. The van der Waals surface area contributed by atoms with Crippen LogP contribution in [0.4, 0.5) is 5.69 Å². The highest BCUT2D eigenvalue weighted by Crippen LogP contribution is 2.45. The molecule has 0 bridgehead atoms. The summed E-state index contributed by atoms with van der Waals surface area (Å²) in [4.78, 5) is 0. The Balaban J connectivity index is 1.89. The van der Waals surface area contributed by atoms with E-state index in [1.807, 2.05) is 0 Å². The molecule has 17 heavy (non-hydrogen) atoms. The van der Waals surface area contributed by atoms with Crippen molar-refractivity contribution < 1.29 is 5.11 Å². The van der Waals surface area contributed by atoms with E-state index in [1.165, 1.54) is 17.7 Å². The number of benzene rings is 1. The van der Waals surface area contributed by atoms with Gasteiger partial charge >= 0.3 is 0 Å². The minimum Gasteiger partial charge on any atom is -0.396 e. The molecular weight excluding hydrogens is 210 g/mol. The molecule has 0 fully saturated rings. The molecule has 1 heterocycles. The number of allylic oxidation sites excluding steroid dienone is 2. The van der Waals surface area contributed by atoms with E-state index in [9.17, 15) is 0 Å². The van der Waals surface area contributed by atoms with Gasteiger partial charge in [0.05, 0.1) is 0 Å². The maximum absolute atomic E-state index is 8.99. The van der Waals surface area contributed by atoms with Crippen molar-refractivity contribution in [3.63, 3.8) is 0 Å². The topological polar surface area (TPSA) is 32.3 Å².